The van der Waals surface area contributed by atoms with Gasteiger partial charge in [-0.05, 0) is 17.3 Å². The first-order valence-electron chi connectivity index (χ1n) is 5.63. The molecule has 0 unspecified atom stereocenters. The Morgan fingerprint density at radius 2 is 1.73 bits per heavy atom. The first kappa shape index (κ1) is 14.4. The average molecular weight is 214 g/mol. The van der Waals surface area contributed by atoms with Crippen LogP contribution in [0.15, 0.2) is 0 Å². The molecular weight excluding hydrogens is 188 g/mol. The predicted molar refractivity (Wildman–Crippen MR) is 64.5 cm³/mol. The standard InChI is InChI=1S/C12H26N2O/c1-7-12(5,6)8-14-10(15)9(13)11(2,3)4/h9H,7-8,13H2,1-6H3,(H,14,15)/t9-/m0/s1. The van der Waals surface area contributed by atoms with Gasteiger partial charge in [0.05, 0.1) is 6.04 Å². The summed E-state index contributed by atoms with van der Waals surface area (Å²) in [6.07, 6.45) is 1.04. The van der Waals surface area contributed by atoms with Crippen molar-refractivity contribution in [3.8, 4) is 0 Å². The summed E-state index contributed by atoms with van der Waals surface area (Å²) in [6.45, 7) is 13.0. The van der Waals surface area contributed by atoms with Crippen LogP contribution >= 0.6 is 0 Å². The van der Waals surface area contributed by atoms with Gasteiger partial charge < -0.3 is 11.1 Å². The van der Waals surface area contributed by atoms with Gasteiger partial charge in [-0.3, -0.25) is 4.79 Å². The molecule has 0 aliphatic carbocycles. The summed E-state index contributed by atoms with van der Waals surface area (Å²) in [4.78, 5) is 11.7. The van der Waals surface area contributed by atoms with Crippen molar-refractivity contribution in [3.05, 3.63) is 0 Å². The SMILES string of the molecule is CCC(C)(C)CNC(=O)[C@H](N)C(C)(C)C. The predicted octanol–water partition coefficient (Wildman–Crippen LogP) is 1.91. The number of hydrogen-bond donors (Lipinski definition) is 2. The van der Waals surface area contributed by atoms with E-state index in [1.54, 1.807) is 0 Å². The third kappa shape index (κ3) is 5.17. The molecule has 0 aromatic carbocycles. The molecule has 0 aliphatic rings. The van der Waals surface area contributed by atoms with Crippen molar-refractivity contribution in [2.24, 2.45) is 16.6 Å². The van der Waals surface area contributed by atoms with Gasteiger partial charge in [0.2, 0.25) is 5.91 Å². The maximum Gasteiger partial charge on any atom is 0.237 e. The van der Waals surface area contributed by atoms with E-state index >= 15 is 0 Å². The van der Waals surface area contributed by atoms with Crippen LogP contribution in [0, 0.1) is 10.8 Å². The zero-order valence-electron chi connectivity index (χ0n) is 11.0. The van der Waals surface area contributed by atoms with Gasteiger partial charge in [-0.2, -0.15) is 0 Å². The Kier molecular flexibility index (Phi) is 4.78. The largest absolute Gasteiger partial charge is 0.354 e. The molecule has 3 N–H and O–H groups in total. The van der Waals surface area contributed by atoms with Gasteiger partial charge in [-0.15, -0.1) is 0 Å². The van der Waals surface area contributed by atoms with E-state index in [0.29, 0.717) is 6.54 Å². The second-order valence-electron chi connectivity index (χ2n) is 6.08. The highest BCUT2D eigenvalue weighted by molar-refractivity contribution is 5.82. The number of rotatable bonds is 4. The smallest absolute Gasteiger partial charge is 0.237 e. The summed E-state index contributed by atoms with van der Waals surface area (Å²) in [5.74, 6) is -0.0518. The molecule has 0 aromatic heterocycles. The molecule has 15 heavy (non-hydrogen) atoms. The summed E-state index contributed by atoms with van der Waals surface area (Å²) in [6, 6.07) is -0.440. The van der Waals surface area contributed by atoms with Crippen molar-refractivity contribution < 1.29 is 4.79 Å². The molecular formula is C12H26N2O. The molecule has 3 nitrogen and oxygen atoms in total. The van der Waals surface area contributed by atoms with Gasteiger partial charge in [0, 0.05) is 6.54 Å². The minimum absolute atomic E-state index is 0.0518. The Balaban J connectivity index is 4.17. The second-order valence-corrected chi connectivity index (χ2v) is 6.08. The Morgan fingerprint density at radius 1 is 1.27 bits per heavy atom. The van der Waals surface area contributed by atoms with Crippen molar-refractivity contribution in [1.29, 1.82) is 0 Å². The molecule has 90 valence electrons. The molecule has 0 spiro atoms. The lowest BCUT2D eigenvalue weighted by molar-refractivity contribution is -0.124. The molecule has 0 heterocycles. The first-order valence-corrected chi connectivity index (χ1v) is 5.63. The quantitative estimate of drug-likeness (QED) is 0.751. The van der Waals surface area contributed by atoms with Crippen molar-refractivity contribution in [2.45, 2.75) is 54.0 Å². The van der Waals surface area contributed by atoms with Crippen LogP contribution in [-0.2, 0) is 4.79 Å². The molecule has 0 saturated carbocycles. The van der Waals surface area contributed by atoms with E-state index in [9.17, 15) is 4.79 Å². The number of hydrogen-bond acceptors (Lipinski definition) is 2. The molecule has 3 heteroatoms. The van der Waals surface area contributed by atoms with Crippen molar-refractivity contribution in [3.63, 3.8) is 0 Å². The lowest BCUT2D eigenvalue weighted by Gasteiger charge is -2.28. The topological polar surface area (TPSA) is 55.1 Å². The molecule has 1 atom stereocenters. The van der Waals surface area contributed by atoms with E-state index < -0.39 is 6.04 Å². The lowest BCUT2D eigenvalue weighted by Crippen LogP contribution is -2.50. The fourth-order valence-electron chi connectivity index (χ4n) is 0.955. The van der Waals surface area contributed by atoms with Crippen LogP contribution in [0.25, 0.3) is 0 Å². The Labute approximate surface area is 93.8 Å². The zero-order chi connectivity index (χ0) is 12.3. The van der Waals surface area contributed by atoms with Gasteiger partial charge in [-0.1, -0.05) is 41.5 Å². The Hall–Kier alpha value is -0.570. The van der Waals surface area contributed by atoms with Crippen LogP contribution in [0.3, 0.4) is 0 Å². The van der Waals surface area contributed by atoms with E-state index in [2.05, 4.69) is 26.1 Å². The number of amides is 1. The van der Waals surface area contributed by atoms with Crippen LogP contribution in [0.2, 0.25) is 0 Å². The summed E-state index contributed by atoms with van der Waals surface area (Å²) in [5, 5.41) is 2.92. The van der Waals surface area contributed by atoms with Gasteiger partial charge in [0.1, 0.15) is 0 Å². The van der Waals surface area contributed by atoms with E-state index in [-0.39, 0.29) is 16.7 Å². The Bertz CT molecular complexity index is 216. The van der Waals surface area contributed by atoms with Gasteiger partial charge >= 0.3 is 0 Å². The van der Waals surface area contributed by atoms with Crippen LogP contribution in [0.4, 0.5) is 0 Å². The van der Waals surface area contributed by atoms with Crippen molar-refractivity contribution in [1.82, 2.24) is 5.32 Å². The molecule has 0 radical (unpaired) electrons. The summed E-state index contributed by atoms with van der Waals surface area (Å²) in [7, 11) is 0. The molecule has 0 aromatic rings. The number of carbonyl (C=O) groups excluding carboxylic acids is 1. The summed E-state index contributed by atoms with van der Waals surface area (Å²) in [5.41, 5.74) is 5.82. The van der Waals surface area contributed by atoms with Crippen LogP contribution < -0.4 is 11.1 Å². The third-order valence-corrected chi connectivity index (χ3v) is 2.91. The van der Waals surface area contributed by atoms with Gasteiger partial charge in [0.25, 0.3) is 0 Å². The van der Waals surface area contributed by atoms with E-state index in [1.165, 1.54) is 0 Å². The summed E-state index contributed by atoms with van der Waals surface area (Å²) >= 11 is 0. The van der Waals surface area contributed by atoms with E-state index in [1.807, 2.05) is 20.8 Å². The van der Waals surface area contributed by atoms with Gasteiger partial charge in [0.15, 0.2) is 0 Å². The number of nitrogens with one attached hydrogen (secondary N) is 1. The van der Waals surface area contributed by atoms with Gasteiger partial charge in [-0.25, -0.2) is 0 Å². The molecule has 0 saturated heterocycles. The minimum atomic E-state index is -0.440. The maximum atomic E-state index is 11.7. The molecule has 0 rings (SSSR count). The second kappa shape index (κ2) is 4.97. The normalized spacial score (nSPS) is 14.9. The highest BCUT2D eigenvalue weighted by Crippen LogP contribution is 2.20. The highest BCUT2D eigenvalue weighted by Gasteiger charge is 2.28. The summed E-state index contributed by atoms with van der Waals surface area (Å²) < 4.78 is 0. The highest BCUT2D eigenvalue weighted by atomic mass is 16.2. The van der Waals surface area contributed by atoms with E-state index in [0.717, 1.165) is 6.42 Å². The lowest BCUT2D eigenvalue weighted by atomic mass is 9.86. The van der Waals surface area contributed by atoms with Crippen LogP contribution in [0.5, 0.6) is 0 Å². The molecule has 0 aliphatic heterocycles. The number of carbonyl (C=O) groups is 1. The van der Waals surface area contributed by atoms with Crippen LogP contribution in [0.1, 0.15) is 48.0 Å². The fraction of sp³-hybridized carbons (Fsp3) is 0.917. The number of nitrogens with two attached hydrogens (primary N) is 1. The first-order chi connectivity index (χ1) is 6.60. The molecule has 1 amide bonds. The zero-order valence-corrected chi connectivity index (χ0v) is 11.0. The molecule has 0 fully saturated rings. The van der Waals surface area contributed by atoms with E-state index in [4.69, 9.17) is 5.73 Å². The molecule has 0 bridgehead atoms. The average Bonchev–Trinajstić information content (AvgIpc) is 2.11. The fourth-order valence-corrected chi connectivity index (χ4v) is 0.955. The Morgan fingerprint density at radius 3 is 2.07 bits per heavy atom. The van der Waals surface area contributed by atoms with Crippen molar-refractivity contribution >= 4 is 5.91 Å². The third-order valence-electron chi connectivity index (χ3n) is 2.91. The maximum absolute atomic E-state index is 11.7. The monoisotopic (exact) mass is 214 g/mol. The van der Waals surface area contributed by atoms with Crippen molar-refractivity contribution in [2.75, 3.05) is 6.54 Å². The minimum Gasteiger partial charge on any atom is -0.354 e. The van der Waals surface area contributed by atoms with Crippen LogP contribution in [-0.4, -0.2) is 18.5 Å².